The number of phenolic OH excluding ortho intramolecular Hbond substituents is 1. The third kappa shape index (κ3) is 3.40. The summed E-state index contributed by atoms with van der Waals surface area (Å²) in [4.78, 5) is 0. The summed E-state index contributed by atoms with van der Waals surface area (Å²) >= 11 is 0. The molecule has 1 nitrogen and oxygen atoms in total. The summed E-state index contributed by atoms with van der Waals surface area (Å²) in [6, 6.07) is 7.38. The van der Waals surface area contributed by atoms with E-state index in [2.05, 4.69) is 6.07 Å². The number of phenols is 1. The van der Waals surface area contributed by atoms with Crippen molar-refractivity contribution in [2.75, 3.05) is 0 Å². The Morgan fingerprint density at radius 2 is 1.67 bits per heavy atom. The standard InChI is InChI=1S/C19H19F4O/c1-10(2)13-6-7-14(17(11(3)4)18(13)24)12-5-8-15(16(20)9-12)19(21,22)23/h5-6,8-11,24H,1-4H3. The van der Waals surface area contributed by atoms with Crippen molar-refractivity contribution in [3.8, 4) is 16.9 Å². The minimum Gasteiger partial charge on any atom is -0.507 e. The average molecular weight is 339 g/mol. The molecular formula is C19H19F4O. The van der Waals surface area contributed by atoms with Gasteiger partial charge in [0, 0.05) is 5.56 Å². The first-order valence-electron chi connectivity index (χ1n) is 7.68. The van der Waals surface area contributed by atoms with E-state index in [-0.39, 0.29) is 23.1 Å². The summed E-state index contributed by atoms with van der Waals surface area (Å²) in [5, 5.41) is 10.5. The van der Waals surface area contributed by atoms with Gasteiger partial charge in [0.2, 0.25) is 0 Å². The van der Waals surface area contributed by atoms with Crippen LogP contribution < -0.4 is 0 Å². The zero-order chi connectivity index (χ0) is 18.2. The average Bonchev–Trinajstić information content (AvgIpc) is 2.44. The van der Waals surface area contributed by atoms with Crippen molar-refractivity contribution in [2.24, 2.45) is 0 Å². The lowest BCUT2D eigenvalue weighted by Gasteiger charge is -2.19. The number of hydrogen-bond donors (Lipinski definition) is 1. The zero-order valence-electron chi connectivity index (χ0n) is 13.9. The van der Waals surface area contributed by atoms with Gasteiger partial charge >= 0.3 is 6.18 Å². The molecule has 0 aliphatic heterocycles. The van der Waals surface area contributed by atoms with Crippen LogP contribution in [0, 0.1) is 11.9 Å². The lowest BCUT2D eigenvalue weighted by molar-refractivity contribution is -0.139. The molecule has 2 rings (SSSR count). The molecule has 0 heterocycles. The zero-order valence-corrected chi connectivity index (χ0v) is 13.9. The highest BCUT2D eigenvalue weighted by molar-refractivity contribution is 5.72. The summed E-state index contributed by atoms with van der Waals surface area (Å²) in [5.74, 6) is -1.28. The van der Waals surface area contributed by atoms with Crippen molar-refractivity contribution in [3.05, 3.63) is 52.8 Å². The fraction of sp³-hybridized carbons (Fsp3) is 0.368. The van der Waals surface area contributed by atoms with Crippen LogP contribution in [0.5, 0.6) is 5.75 Å². The fourth-order valence-corrected chi connectivity index (χ4v) is 2.71. The van der Waals surface area contributed by atoms with Gasteiger partial charge in [-0.1, -0.05) is 33.8 Å². The maximum atomic E-state index is 13.9. The highest BCUT2D eigenvalue weighted by atomic mass is 19.4. The Morgan fingerprint density at radius 3 is 2.12 bits per heavy atom. The van der Waals surface area contributed by atoms with E-state index in [0.29, 0.717) is 16.7 Å². The molecule has 2 aromatic rings. The van der Waals surface area contributed by atoms with E-state index < -0.39 is 17.6 Å². The normalized spacial score (nSPS) is 12.2. The van der Waals surface area contributed by atoms with E-state index in [1.165, 1.54) is 6.07 Å². The number of benzene rings is 2. The van der Waals surface area contributed by atoms with Gasteiger partial charge in [0.1, 0.15) is 11.6 Å². The second-order valence-corrected chi connectivity index (χ2v) is 6.38. The molecule has 0 amide bonds. The number of rotatable bonds is 3. The highest BCUT2D eigenvalue weighted by Crippen LogP contribution is 2.41. The third-order valence-corrected chi connectivity index (χ3v) is 3.93. The summed E-state index contributed by atoms with van der Waals surface area (Å²) < 4.78 is 52.0. The first-order valence-corrected chi connectivity index (χ1v) is 7.68. The SMILES string of the molecule is CC(C)c1c[c]c(-c2ccc(C(F)(F)F)c(F)c2)c(C(C)C)c1O. The Labute approximate surface area is 138 Å². The Hall–Kier alpha value is -2.04. The van der Waals surface area contributed by atoms with Gasteiger partial charge in [-0.25, -0.2) is 4.39 Å². The topological polar surface area (TPSA) is 20.2 Å². The van der Waals surface area contributed by atoms with Gasteiger partial charge in [0.15, 0.2) is 0 Å². The van der Waals surface area contributed by atoms with Gasteiger partial charge in [-0.15, -0.1) is 0 Å². The van der Waals surface area contributed by atoms with E-state index in [0.717, 1.165) is 12.1 Å². The molecular weight excluding hydrogens is 320 g/mol. The van der Waals surface area contributed by atoms with Crippen molar-refractivity contribution < 1.29 is 22.7 Å². The Bertz CT molecular complexity index is 746. The molecule has 129 valence electrons. The molecule has 0 aliphatic carbocycles. The third-order valence-electron chi connectivity index (χ3n) is 3.93. The van der Waals surface area contributed by atoms with Crippen molar-refractivity contribution in [1.82, 2.24) is 0 Å². The molecule has 1 radical (unpaired) electrons. The van der Waals surface area contributed by atoms with Crippen molar-refractivity contribution in [1.29, 1.82) is 0 Å². The molecule has 0 aromatic heterocycles. The first kappa shape index (κ1) is 18.3. The van der Waals surface area contributed by atoms with Crippen LogP contribution in [0.4, 0.5) is 17.6 Å². The van der Waals surface area contributed by atoms with Gasteiger partial charge in [0.25, 0.3) is 0 Å². The van der Waals surface area contributed by atoms with Crippen LogP contribution in [0.25, 0.3) is 11.1 Å². The highest BCUT2D eigenvalue weighted by Gasteiger charge is 2.34. The molecule has 1 N–H and O–H groups in total. The summed E-state index contributed by atoms with van der Waals surface area (Å²) in [7, 11) is 0. The summed E-state index contributed by atoms with van der Waals surface area (Å²) in [5.41, 5.74) is 0.630. The van der Waals surface area contributed by atoms with Gasteiger partial charge in [-0.05, 0) is 52.8 Å². The van der Waals surface area contributed by atoms with E-state index in [1.807, 2.05) is 27.7 Å². The fourth-order valence-electron chi connectivity index (χ4n) is 2.71. The van der Waals surface area contributed by atoms with Gasteiger partial charge in [-0.3, -0.25) is 0 Å². The maximum absolute atomic E-state index is 13.9. The molecule has 0 spiro atoms. The molecule has 0 aliphatic rings. The maximum Gasteiger partial charge on any atom is 0.419 e. The van der Waals surface area contributed by atoms with Crippen LogP contribution in [0.3, 0.4) is 0 Å². The van der Waals surface area contributed by atoms with Crippen molar-refractivity contribution >= 4 is 0 Å². The predicted molar refractivity (Wildman–Crippen MR) is 85.5 cm³/mol. The van der Waals surface area contributed by atoms with Crippen molar-refractivity contribution in [2.45, 2.75) is 45.7 Å². The van der Waals surface area contributed by atoms with Gasteiger partial charge in [-0.2, -0.15) is 13.2 Å². The number of hydrogen-bond acceptors (Lipinski definition) is 1. The van der Waals surface area contributed by atoms with Gasteiger partial charge in [0.05, 0.1) is 5.56 Å². The number of aromatic hydroxyl groups is 1. The predicted octanol–water partition coefficient (Wildman–Crippen LogP) is 6.26. The first-order chi connectivity index (χ1) is 11.0. The van der Waals surface area contributed by atoms with E-state index in [4.69, 9.17) is 0 Å². The minimum absolute atomic E-state index is 0.0668. The molecule has 0 bridgehead atoms. The van der Waals surface area contributed by atoms with Crippen molar-refractivity contribution in [3.63, 3.8) is 0 Å². The summed E-state index contributed by atoms with van der Waals surface area (Å²) in [6.45, 7) is 7.56. The number of alkyl halides is 3. The van der Waals surface area contributed by atoms with Crippen LogP contribution in [0.2, 0.25) is 0 Å². The molecule has 0 unspecified atom stereocenters. The van der Waals surface area contributed by atoms with Crippen LogP contribution in [-0.4, -0.2) is 5.11 Å². The quantitative estimate of drug-likeness (QED) is 0.654. The Kier molecular flexibility index (Phi) is 4.92. The number of halogens is 4. The van der Waals surface area contributed by atoms with E-state index in [1.54, 1.807) is 6.07 Å². The summed E-state index contributed by atoms with van der Waals surface area (Å²) in [6.07, 6.45) is -4.74. The molecule has 2 aromatic carbocycles. The van der Waals surface area contributed by atoms with Crippen LogP contribution in [0.1, 0.15) is 56.2 Å². The molecule has 0 saturated heterocycles. The monoisotopic (exact) mass is 339 g/mol. The Morgan fingerprint density at radius 1 is 1.04 bits per heavy atom. The van der Waals surface area contributed by atoms with E-state index in [9.17, 15) is 22.7 Å². The lowest BCUT2D eigenvalue weighted by Crippen LogP contribution is -2.08. The smallest absolute Gasteiger partial charge is 0.419 e. The Balaban J connectivity index is 2.65. The van der Waals surface area contributed by atoms with Gasteiger partial charge < -0.3 is 5.11 Å². The molecule has 0 atom stereocenters. The molecule has 0 fully saturated rings. The van der Waals surface area contributed by atoms with E-state index >= 15 is 0 Å². The molecule has 5 heteroatoms. The largest absolute Gasteiger partial charge is 0.507 e. The molecule has 24 heavy (non-hydrogen) atoms. The second-order valence-electron chi connectivity index (χ2n) is 6.38. The van der Waals surface area contributed by atoms with Crippen LogP contribution in [0.15, 0.2) is 24.3 Å². The van der Waals surface area contributed by atoms with Crippen LogP contribution >= 0.6 is 0 Å². The second kappa shape index (κ2) is 6.46. The van der Waals surface area contributed by atoms with Crippen LogP contribution in [-0.2, 0) is 6.18 Å². The minimum atomic E-state index is -4.74. The lowest BCUT2D eigenvalue weighted by atomic mass is 9.87. The molecule has 0 saturated carbocycles.